The van der Waals surface area contributed by atoms with Crippen LogP contribution in [0.4, 0.5) is 5.69 Å². The molecule has 3 aliphatic carbocycles. The van der Waals surface area contributed by atoms with Gasteiger partial charge in [-0.1, -0.05) is 18.2 Å². The van der Waals surface area contributed by atoms with Crippen molar-refractivity contribution in [2.45, 2.75) is 24.9 Å². The van der Waals surface area contributed by atoms with Gasteiger partial charge in [-0.2, -0.15) is 0 Å². The van der Waals surface area contributed by atoms with Crippen molar-refractivity contribution in [3.05, 3.63) is 64.4 Å². The molecule has 0 bridgehead atoms. The summed E-state index contributed by atoms with van der Waals surface area (Å²) in [6, 6.07) is 11.3. The number of phenolic OH excluding ortho intramolecular Hbond substituents is 1. The summed E-state index contributed by atoms with van der Waals surface area (Å²) in [7, 11) is 3.66. The minimum Gasteiger partial charge on any atom is -0.508 e. The van der Waals surface area contributed by atoms with Crippen LogP contribution >= 0.6 is 0 Å². The number of primary amides is 1. The number of H-pyrrole nitrogens is 1. The van der Waals surface area contributed by atoms with Gasteiger partial charge in [0.15, 0.2) is 11.4 Å². The number of ketones is 2. The molecule has 1 fully saturated rings. The molecule has 2 aromatic carbocycles. The van der Waals surface area contributed by atoms with Crippen LogP contribution in [0, 0.1) is 11.8 Å². The summed E-state index contributed by atoms with van der Waals surface area (Å²) in [5.74, 6) is -6.46. The first-order valence-corrected chi connectivity index (χ1v) is 12.6. The van der Waals surface area contributed by atoms with Gasteiger partial charge in [0.2, 0.25) is 5.78 Å². The maximum Gasteiger partial charge on any atom is 0.255 e. The van der Waals surface area contributed by atoms with Crippen molar-refractivity contribution in [1.82, 2.24) is 4.98 Å². The minimum atomic E-state index is -2.59. The Labute approximate surface area is 222 Å². The Morgan fingerprint density at radius 1 is 1.10 bits per heavy atom. The van der Waals surface area contributed by atoms with Gasteiger partial charge in [0.05, 0.1) is 11.3 Å². The van der Waals surface area contributed by atoms with Crippen LogP contribution in [0.1, 0.15) is 24.0 Å². The van der Waals surface area contributed by atoms with Crippen LogP contribution in [0.2, 0.25) is 0 Å². The lowest BCUT2D eigenvalue weighted by atomic mass is 9.59. The van der Waals surface area contributed by atoms with Gasteiger partial charge in [0.25, 0.3) is 5.91 Å². The lowest BCUT2D eigenvalue weighted by Crippen LogP contribution is -2.58. The Hall–Kier alpha value is -4.57. The van der Waals surface area contributed by atoms with E-state index in [0.717, 1.165) is 10.9 Å². The van der Waals surface area contributed by atoms with Crippen molar-refractivity contribution in [3.63, 3.8) is 0 Å². The maximum atomic E-state index is 13.8. The number of aliphatic hydroxyl groups is 3. The molecular weight excluding hydrogens is 502 g/mol. The molecule has 3 atom stereocenters. The Kier molecular flexibility index (Phi) is 5.21. The molecule has 1 saturated carbocycles. The third-order valence-corrected chi connectivity index (χ3v) is 8.34. The Morgan fingerprint density at radius 3 is 2.49 bits per heavy atom. The van der Waals surface area contributed by atoms with Gasteiger partial charge in [-0.25, -0.2) is 0 Å². The molecule has 1 amide bonds. The van der Waals surface area contributed by atoms with Crippen LogP contribution in [0.3, 0.4) is 0 Å². The first-order valence-electron chi connectivity index (χ1n) is 12.6. The molecule has 1 aromatic heterocycles. The number of aromatic amines is 1. The van der Waals surface area contributed by atoms with Crippen LogP contribution < -0.4 is 10.6 Å². The normalized spacial score (nSPS) is 24.5. The zero-order chi connectivity index (χ0) is 28.0. The molecule has 10 heteroatoms. The summed E-state index contributed by atoms with van der Waals surface area (Å²) in [5.41, 5.74) is 4.94. The standard InChI is InChI=1S/C29H27N3O7/c1-32(2)19-11-15(18-9-12-5-3-4-6-17(12)31-18)24(34)22-16(19)8-13-7-14-10-20(33)23(28(30)38)27(37)29(14,39)26(36)21(13)25(22)35/h3-6,9,11,13-14,31,34-35,37,39H,7-8,10H2,1-2H3,(H2,30,38)/t13-,14+,29+/m1/s1. The van der Waals surface area contributed by atoms with Crippen LogP contribution in [-0.4, -0.2) is 62.6 Å². The van der Waals surface area contributed by atoms with Gasteiger partial charge in [-0.15, -0.1) is 0 Å². The molecule has 0 unspecified atom stereocenters. The summed E-state index contributed by atoms with van der Waals surface area (Å²) >= 11 is 0. The van der Waals surface area contributed by atoms with E-state index in [-0.39, 0.29) is 36.1 Å². The molecule has 0 spiro atoms. The van der Waals surface area contributed by atoms with E-state index in [1.165, 1.54) is 0 Å². The summed E-state index contributed by atoms with van der Waals surface area (Å²) in [6.45, 7) is 0. The average molecular weight is 530 g/mol. The second-order valence-electron chi connectivity index (χ2n) is 10.7. The van der Waals surface area contributed by atoms with Gasteiger partial charge in [-0.3, -0.25) is 14.4 Å². The average Bonchev–Trinajstić information content (AvgIpc) is 3.30. The van der Waals surface area contributed by atoms with Gasteiger partial charge in [-0.05, 0) is 42.5 Å². The lowest BCUT2D eigenvalue weighted by molar-refractivity contribution is -0.147. The quantitative estimate of drug-likeness (QED) is 0.280. The third kappa shape index (κ3) is 3.27. The Morgan fingerprint density at radius 2 is 1.82 bits per heavy atom. The van der Waals surface area contributed by atoms with E-state index in [1.54, 1.807) is 0 Å². The SMILES string of the molecule is CN(C)c1cc(-c2cc3ccccc3[nH]2)c(O)c2c1C[C@H]1C[C@H]3CC(=O)C(C(N)=O)=C(O)[C@@]3(O)C(=O)C1=C2O. The van der Waals surface area contributed by atoms with E-state index in [4.69, 9.17) is 5.73 Å². The van der Waals surface area contributed by atoms with Crippen molar-refractivity contribution in [2.75, 3.05) is 19.0 Å². The highest BCUT2D eigenvalue weighted by molar-refractivity contribution is 6.22. The number of hydrogen-bond acceptors (Lipinski definition) is 8. The zero-order valence-electron chi connectivity index (χ0n) is 21.3. The number of aromatic nitrogens is 1. The Balaban J connectivity index is 1.58. The van der Waals surface area contributed by atoms with Crippen LogP contribution in [-0.2, 0) is 20.8 Å². The molecule has 6 rings (SSSR count). The van der Waals surface area contributed by atoms with Crippen molar-refractivity contribution in [1.29, 1.82) is 0 Å². The molecule has 39 heavy (non-hydrogen) atoms. The number of nitrogens with one attached hydrogen (secondary N) is 1. The van der Waals surface area contributed by atoms with E-state index in [1.807, 2.05) is 55.4 Å². The number of rotatable bonds is 3. The van der Waals surface area contributed by atoms with E-state index in [9.17, 15) is 34.8 Å². The second-order valence-corrected chi connectivity index (χ2v) is 10.7. The number of Topliss-reactive ketones (excluding diaryl/α,β-unsaturated/α-hetero) is 2. The number of amides is 1. The summed E-state index contributed by atoms with van der Waals surface area (Å²) < 4.78 is 0. The van der Waals surface area contributed by atoms with Gasteiger partial charge >= 0.3 is 0 Å². The maximum absolute atomic E-state index is 13.8. The summed E-state index contributed by atoms with van der Waals surface area (Å²) in [4.78, 5) is 43.3. The predicted octanol–water partition coefficient (Wildman–Crippen LogP) is 2.64. The number of aliphatic hydroxyl groups excluding tert-OH is 2. The Bertz CT molecular complexity index is 1660. The van der Waals surface area contributed by atoms with Gasteiger partial charge < -0.3 is 36.0 Å². The number of nitrogens with two attached hydrogens (primary N) is 1. The fraction of sp³-hybridized carbons (Fsp3) is 0.276. The van der Waals surface area contributed by atoms with Crippen molar-refractivity contribution in [3.8, 4) is 17.0 Å². The predicted molar refractivity (Wildman–Crippen MR) is 143 cm³/mol. The fourth-order valence-corrected chi connectivity index (χ4v) is 6.49. The molecule has 10 nitrogen and oxygen atoms in total. The van der Waals surface area contributed by atoms with Crippen LogP contribution in [0.5, 0.6) is 5.75 Å². The monoisotopic (exact) mass is 529 g/mol. The second kappa shape index (κ2) is 8.21. The van der Waals surface area contributed by atoms with E-state index >= 15 is 0 Å². The third-order valence-electron chi connectivity index (χ3n) is 8.34. The van der Waals surface area contributed by atoms with E-state index in [0.29, 0.717) is 22.5 Å². The number of anilines is 1. The molecule has 0 saturated heterocycles. The molecule has 0 radical (unpaired) electrons. The van der Waals surface area contributed by atoms with Crippen molar-refractivity contribution < 1.29 is 34.8 Å². The number of carbonyl (C=O) groups excluding carboxylic acids is 3. The number of benzene rings is 2. The lowest BCUT2D eigenvalue weighted by Gasteiger charge is -2.46. The number of para-hydroxylation sites is 1. The zero-order valence-corrected chi connectivity index (χ0v) is 21.3. The first kappa shape index (κ1) is 24.7. The number of carbonyl (C=O) groups is 3. The topological polar surface area (TPSA) is 177 Å². The summed E-state index contributed by atoms with van der Waals surface area (Å²) in [5, 5.41) is 46.2. The molecule has 3 aliphatic rings. The molecule has 3 aromatic rings. The minimum absolute atomic E-state index is 0.0574. The molecule has 0 aliphatic heterocycles. The van der Waals surface area contributed by atoms with E-state index < -0.39 is 52.0 Å². The van der Waals surface area contributed by atoms with E-state index in [2.05, 4.69) is 4.98 Å². The van der Waals surface area contributed by atoms with Crippen molar-refractivity contribution >= 4 is 39.8 Å². The molecule has 1 heterocycles. The van der Waals surface area contributed by atoms with Crippen molar-refractivity contribution in [2.24, 2.45) is 17.6 Å². The number of phenols is 1. The highest BCUT2D eigenvalue weighted by atomic mass is 16.3. The number of hydrogen-bond donors (Lipinski definition) is 6. The fourth-order valence-electron chi connectivity index (χ4n) is 6.49. The van der Waals surface area contributed by atoms with Crippen LogP contribution in [0.15, 0.2) is 53.3 Å². The number of fused-ring (bicyclic) bond motifs is 4. The van der Waals surface area contributed by atoms with Gasteiger partial charge in [0, 0.05) is 54.2 Å². The highest BCUT2D eigenvalue weighted by Gasteiger charge is 2.60. The highest BCUT2D eigenvalue weighted by Crippen LogP contribution is 2.54. The first-order chi connectivity index (χ1) is 18.4. The molecular formula is C29H27N3O7. The smallest absolute Gasteiger partial charge is 0.255 e. The largest absolute Gasteiger partial charge is 0.508 e. The summed E-state index contributed by atoms with van der Waals surface area (Å²) in [6.07, 6.45) is -0.0319. The molecule has 200 valence electrons. The number of nitrogens with zero attached hydrogens (tertiary/aromatic N) is 1. The van der Waals surface area contributed by atoms with Crippen LogP contribution in [0.25, 0.3) is 27.9 Å². The molecule has 7 N–H and O–H groups in total. The van der Waals surface area contributed by atoms with Gasteiger partial charge in [0.1, 0.15) is 22.8 Å². The number of aromatic hydroxyl groups is 1.